The van der Waals surface area contributed by atoms with E-state index in [1.54, 1.807) is 6.92 Å². The minimum Gasteiger partial charge on any atom is -0.355 e. The number of carbonyl (C=O) groups excluding carboxylic acids is 2. The van der Waals surface area contributed by atoms with Crippen LogP contribution in [-0.2, 0) is 28.9 Å². The lowest BCUT2D eigenvalue weighted by Crippen LogP contribution is -2.45. The fraction of sp³-hybridized carbons (Fsp3) is 0.500. The molecule has 2 amide bonds. The van der Waals surface area contributed by atoms with Crippen LogP contribution in [0.15, 0.2) is 18.2 Å². The van der Waals surface area contributed by atoms with Crippen LogP contribution in [-0.4, -0.2) is 24.4 Å². The summed E-state index contributed by atoms with van der Waals surface area (Å²) in [5.41, 5.74) is 3.79. The van der Waals surface area contributed by atoms with E-state index < -0.39 is 6.04 Å². The summed E-state index contributed by atoms with van der Waals surface area (Å²) < 4.78 is 0. The van der Waals surface area contributed by atoms with Gasteiger partial charge in [-0.05, 0) is 49.8 Å². The number of hydrogen-bond donors (Lipinski definition) is 2. The molecule has 1 aliphatic rings. The van der Waals surface area contributed by atoms with Gasteiger partial charge in [-0.3, -0.25) is 9.59 Å². The van der Waals surface area contributed by atoms with E-state index >= 15 is 0 Å². The molecule has 2 N–H and O–H groups in total. The third kappa shape index (κ3) is 3.59. The van der Waals surface area contributed by atoms with E-state index in [4.69, 9.17) is 0 Å². The minimum atomic E-state index is -0.489. The highest BCUT2D eigenvalue weighted by Gasteiger charge is 2.16. The van der Waals surface area contributed by atoms with E-state index in [0.717, 1.165) is 18.4 Å². The van der Waals surface area contributed by atoms with Gasteiger partial charge in [-0.2, -0.15) is 0 Å². The van der Waals surface area contributed by atoms with Gasteiger partial charge >= 0.3 is 0 Å². The van der Waals surface area contributed by atoms with Crippen LogP contribution < -0.4 is 10.6 Å². The SMILES string of the molecule is CCNC(=O)C(C)NC(=O)Cc1ccc2c(c1)CCC2. The zero-order valence-electron chi connectivity index (χ0n) is 12.2. The Kier molecular flexibility index (Phi) is 4.77. The molecule has 0 saturated heterocycles. The van der Waals surface area contributed by atoms with Crippen LogP contribution in [0.25, 0.3) is 0 Å². The first kappa shape index (κ1) is 14.6. The summed E-state index contributed by atoms with van der Waals surface area (Å²) in [6.07, 6.45) is 3.80. The lowest BCUT2D eigenvalue weighted by Gasteiger charge is -2.13. The van der Waals surface area contributed by atoms with E-state index in [-0.39, 0.29) is 11.8 Å². The molecular formula is C16H22N2O2. The number of amides is 2. The number of aryl methyl sites for hydroxylation is 2. The van der Waals surface area contributed by atoms with Crippen molar-refractivity contribution >= 4 is 11.8 Å². The third-order valence-electron chi connectivity index (χ3n) is 3.65. The standard InChI is InChI=1S/C16H22N2O2/c1-3-17-16(20)11(2)18-15(19)10-12-7-8-13-5-4-6-14(13)9-12/h7-9,11H,3-6,10H2,1-2H3,(H,17,20)(H,18,19). The lowest BCUT2D eigenvalue weighted by atomic mass is 10.0. The summed E-state index contributed by atoms with van der Waals surface area (Å²) in [7, 11) is 0. The zero-order valence-corrected chi connectivity index (χ0v) is 12.2. The largest absolute Gasteiger partial charge is 0.355 e. The highest BCUT2D eigenvalue weighted by molar-refractivity contribution is 5.88. The van der Waals surface area contributed by atoms with Gasteiger partial charge in [0.25, 0.3) is 0 Å². The van der Waals surface area contributed by atoms with E-state index in [2.05, 4.69) is 22.8 Å². The molecule has 0 aromatic heterocycles. The Morgan fingerprint density at radius 1 is 1.25 bits per heavy atom. The summed E-state index contributed by atoms with van der Waals surface area (Å²) in [5, 5.41) is 5.42. The zero-order chi connectivity index (χ0) is 14.5. The molecule has 4 nitrogen and oxygen atoms in total. The first-order valence-electron chi connectivity index (χ1n) is 7.28. The third-order valence-corrected chi connectivity index (χ3v) is 3.65. The number of benzene rings is 1. The average molecular weight is 274 g/mol. The van der Waals surface area contributed by atoms with Crippen molar-refractivity contribution in [1.29, 1.82) is 0 Å². The Balaban J connectivity index is 1.90. The molecule has 108 valence electrons. The summed E-state index contributed by atoms with van der Waals surface area (Å²) in [6.45, 7) is 4.13. The normalized spacial score (nSPS) is 14.5. The van der Waals surface area contributed by atoms with Crippen LogP contribution >= 0.6 is 0 Å². The molecule has 2 rings (SSSR count). The maximum Gasteiger partial charge on any atom is 0.242 e. The lowest BCUT2D eigenvalue weighted by molar-refractivity contribution is -0.128. The van der Waals surface area contributed by atoms with Crippen molar-refractivity contribution in [2.75, 3.05) is 6.54 Å². The molecule has 0 heterocycles. The maximum absolute atomic E-state index is 11.9. The highest BCUT2D eigenvalue weighted by Crippen LogP contribution is 2.22. The molecule has 0 radical (unpaired) electrons. The molecule has 1 aliphatic carbocycles. The average Bonchev–Trinajstić information content (AvgIpc) is 2.86. The second-order valence-corrected chi connectivity index (χ2v) is 5.32. The molecule has 0 aliphatic heterocycles. The van der Waals surface area contributed by atoms with E-state index in [9.17, 15) is 9.59 Å². The number of rotatable bonds is 5. The van der Waals surface area contributed by atoms with Crippen LogP contribution in [0.4, 0.5) is 0 Å². The Bertz CT molecular complexity index is 511. The van der Waals surface area contributed by atoms with Crippen LogP contribution in [0.1, 0.15) is 37.0 Å². The van der Waals surface area contributed by atoms with Crippen LogP contribution in [0.3, 0.4) is 0 Å². The Morgan fingerprint density at radius 3 is 2.75 bits per heavy atom. The van der Waals surface area contributed by atoms with Crippen molar-refractivity contribution in [2.45, 2.75) is 45.6 Å². The predicted molar refractivity (Wildman–Crippen MR) is 78.5 cm³/mol. The molecule has 0 fully saturated rings. The van der Waals surface area contributed by atoms with Crippen molar-refractivity contribution in [3.63, 3.8) is 0 Å². The molecule has 0 spiro atoms. The van der Waals surface area contributed by atoms with Crippen LogP contribution in [0, 0.1) is 0 Å². The van der Waals surface area contributed by atoms with Gasteiger partial charge in [0, 0.05) is 6.54 Å². The van der Waals surface area contributed by atoms with Gasteiger partial charge in [0.2, 0.25) is 11.8 Å². The summed E-state index contributed by atoms with van der Waals surface area (Å²) in [5.74, 6) is -0.253. The molecule has 1 atom stereocenters. The molecular weight excluding hydrogens is 252 g/mol. The van der Waals surface area contributed by atoms with Crippen molar-refractivity contribution in [2.24, 2.45) is 0 Å². The second-order valence-electron chi connectivity index (χ2n) is 5.32. The predicted octanol–water partition coefficient (Wildman–Crippen LogP) is 1.36. The smallest absolute Gasteiger partial charge is 0.242 e. The van der Waals surface area contributed by atoms with Crippen molar-refractivity contribution in [1.82, 2.24) is 10.6 Å². The Morgan fingerprint density at radius 2 is 2.00 bits per heavy atom. The van der Waals surface area contributed by atoms with Crippen LogP contribution in [0.5, 0.6) is 0 Å². The first-order valence-corrected chi connectivity index (χ1v) is 7.28. The summed E-state index contributed by atoms with van der Waals surface area (Å²) >= 11 is 0. The molecule has 1 aromatic rings. The molecule has 1 aromatic carbocycles. The fourth-order valence-electron chi connectivity index (χ4n) is 2.61. The van der Waals surface area contributed by atoms with Crippen molar-refractivity contribution in [3.8, 4) is 0 Å². The summed E-state index contributed by atoms with van der Waals surface area (Å²) in [4.78, 5) is 23.5. The number of likely N-dealkylation sites (N-methyl/N-ethyl adjacent to an activating group) is 1. The number of fused-ring (bicyclic) bond motifs is 1. The quantitative estimate of drug-likeness (QED) is 0.851. The van der Waals surface area contributed by atoms with Crippen molar-refractivity contribution < 1.29 is 9.59 Å². The Labute approximate surface area is 119 Å². The van der Waals surface area contributed by atoms with Gasteiger partial charge in [-0.15, -0.1) is 0 Å². The number of hydrogen-bond acceptors (Lipinski definition) is 2. The minimum absolute atomic E-state index is 0.110. The van der Waals surface area contributed by atoms with Gasteiger partial charge < -0.3 is 10.6 Å². The van der Waals surface area contributed by atoms with Gasteiger partial charge in [-0.1, -0.05) is 18.2 Å². The molecule has 20 heavy (non-hydrogen) atoms. The van der Waals surface area contributed by atoms with Crippen molar-refractivity contribution in [3.05, 3.63) is 34.9 Å². The first-order chi connectivity index (χ1) is 9.60. The number of nitrogens with one attached hydrogen (secondary N) is 2. The van der Waals surface area contributed by atoms with Gasteiger partial charge in [0.05, 0.1) is 6.42 Å². The topological polar surface area (TPSA) is 58.2 Å². The van der Waals surface area contributed by atoms with E-state index in [0.29, 0.717) is 13.0 Å². The second kappa shape index (κ2) is 6.55. The Hall–Kier alpha value is -1.84. The highest BCUT2D eigenvalue weighted by atomic mass is 16.2. The van der Waals surface area contributed by atoms with Gasteiger partial charge in [0.1, 0.15) is 6.04 Å². The van der Waals surface area contributed by atoms with Crippen LogP contribution in [0.2, 0.25) is 0 Å². The molecule has 0 bridgehead atoms. The molecule has 1 unspecified atom stereocenters. The monoisotopic (exact) mass is 274 g/mol. The molecule has 0 saturated carbocycles. The van der Waals surface area contributed by atoms with Gasteiger partial charge in [0.15, 0.2) is 0 Å². The number of carbonyl (C=O) groups is 2. The van der Waals surface area contributed by atoms with E-state index in [1.165, 1.54) is 17.5 Å². The van der Waals surface area contributed by atoms with E-state index in [1.807, 2.05) is 13.0 Å². The fourth-order valence-corrected chi connectivity index (χ4v) is 2.61. The maximum atomic E-state index is 11.9. The summed E-state index contributed by atoms with van der Waals surface area (Å²) in [6, 6.07) is 5.77. The van der Waals surface area contributed by atoms with Gasteiger partial charge in [-0.25, -0.2) is 0 Å². The molecule has 4 heteroatoms.